The van der Waals surface area contributed by atoms with Gasteiger partial charge in [-0.3, -0.25) is 5.41 Å². The van der Waals surface area contributed by atoms with Gasteiger partial charge in [-0.05, 0) is 54.6 Å². The number of aliphatic carboxylic acids is 1. The van der Waals surface area contributed by atoms with Crippen molar-refractivity contribution in [2.24, 2.45) is 5.73 Å². The lowest BCUT2D eigenvalue weighted by molar-refractivity contribution is -0.138. The first-order chi connectivity index (χ1) is 13.0. The van der Waals surface area contributed by atoms with Crippen LogP contribution in [0.5, 0.6) is 5.75 Å². The van der Waals surface area contributed by atoms with Crippen LogP contribution in [0.25, 0.3) is 0 Å². The number of carboxylic acids is 1. The van der Waals surface area contributed by atoms with E-state index in [-0.39, 0.29) is 5.84 Å². The summed E-state index contributed by atoms with van der Waals surface area (Å²) in [6.45, 7) is 2.54. The van der Waals surface area contributed by atoms with Gasteiger partial charge in [0, 0.05) is 22.6 Å². The maximum absolute atomic E-state index is 12.0. The Morgan fingerprint density at radius 1 is 1.30 bits per heavy atom. The van der Waals surface area contributed by atoms with Gasteiger partial charge < -0.3 is 20.9 Å². The minimum absolute atomic E-state index is 0.0311. The van der Waals surface area contributed by atoms with E-state index in [9.17, 15) is 9.90 Å². The Bertz CT molecular complexity index is 794. The van der Waals surface area contributed by atoms with Crippen LogP contribution in [0, 0.1) is 5.41 Å². The second kappa shape index (κ2) is 9.87. The monoisotopic (exact) mass is 387 g/mol. The third-order valence-corrected chi connectivity index (χ3v) is 4.67. The summed E-state index contributed by atoms with van der Waals surface area (Å²) in [7, 11) is 0. The topological polar surface area (TPSA) is 108 Å². The number of nitrogens with two attached hydrogens (primary N) is 1. The number of ether oxygens (including phenoxy) is 1. The molecule has 0 aromatic heterocycles. The Hall–Kier alpha value is -2.67. The first-order valence-electron chi connectivity index (χ1n) is 8.64. The molecule has 0 radical (unpaired) electrons. The molecular weight excluding hydrogens is 362 g/mol. The molecular formula is C20H25N3O3S. The fraction of sp³-hybridized carbons (Fsp3) is 0.300. The Kier molecular flexibility index (Phi) is 7.55. The van der Waals surface area contributed by atoms with Crippen LogP contribution in [0.3, 0.4) is 0 Å². The SMILES string of the molecule is CCc1ccc(OCCSC)c([C@@H](Nc2ccc(C(=N)N)cc2)C(=O)O)c1. The van der Waals surface area contributed by atoms with Crippen molar-refractivity contribution in [3.63, 3.8) is 0 Å². The zero-order valence-electron chi connectivity index (χ0n) is 15.5. The molecule has 0 saturated heterocycles. The molecule has 0 amide bonds. The highest BCUT2D eigenvalue weighted by Gasteiger charge is 2.24. The van der Waals surface area contributed by atoms with Crippen molar-refractivity contribution in [2.45, 2.75) is 19.4 Å². The van der Waals surface area contributed by atoms with Crippen LogP contribution in [0.2, 0.25) is 0 Å². The van der Waals surface area contributed by atoms with E-state index in [0.717, 1.165) is 17.7 Å². The molecule has 0 unspecified atom stereocenters. The number of rotatable bonds is 10. The average molecular weight is 388 g/mol. The zero-order chi connectivity index (χ0) is 19.8. The lowest BCUT2D eigenvalue weighted by Gasteiger charge is -2.20. The van der Waals surface area contributed by atoms with Crippen molar-refractivity contribution in [1.82, 2.24) is 0 Å². The van der Waals surface area contributed by atoms with E-state index in [1.807, 2.05) is 31.4 Å². The van der Waals surface area contributed by atoms with E-state index in [0.29, 0.717) is 29.2 Å². The Morgan fingerprint density at radius 2 is 2.00 bits per heavy atom. The van der Waals surface area contributed by atoms with Crippen molar-refractivity contribution in [2.75, 3.05) is 23.9 Å². The number of nitrogens with one attached hydrogen (secondary N) is 2. The number of nitrogen functional groups attached to an aromatic ring is 1. The molecule has 2 rings (SSSR count). The fourth-order valence-corrected chi connectivity index (χ4v) is 2.85. The van der Waals surface area contributed by atoms with Gasteiger partial charge in [-0.1, -0.05) is 13.0 Å². The summed E-state index contributed by atoms with van der Waals surface area (Å²) < 4.78 is 5.83. The van der Waals surface area contributed by atoms with Gasteiger partial charge in [0.25, 0.3) is 0 Å². The van der Waals surface area contributed by atoms with Crippen LogP contribution < -0.4 is 15.8 Å². The van der Waals surface area contributed by atoms with Gasteiger partial charge in [-0.25, -0.2) is 4.79 Å². The Labute approximate surface area is 163 Å². The van der Waals surface area contributed by atoms with Gasteiger partial charge in [0.2, 0.25) is 0 Å². The number of aryl methyl sites for hydroxylation is 1. The largest absolute Gasteiger partial charge is 0.492 e. The third-order valence-electron chi connectivity index (χ3n) is 4.09. The molecule has 0 fully saturated rings. The van der Waals surface area contributed by atoms with Crippen LogP contribution in [0.4, 0.5) is 5.69 Å². The summed E-state index contributed by atoms with van der Waals surface area (Å²) in [4.78, 5) is 12.0. The lowest BCUT2D eigenvalue weighted by Crippen LogP contribution is -2.22. The summed E-state index contributed by atoms with van der Waals surface area (Å²) >= 11 is 1.67. The summed E-state index contributed by atoms with van der Waals surface area (Å²) in [6, 6.07) is 11.5. The van der Waals surface area contributed by atoms with Gasteiger partial charge in [0.05, 0.1) is 6.61 Å². The van der Waals surface area contributed by atoms with Crippen LogP contribution in [0.15, 0.2) is 42.5 Å². The molecule has 2 aromatic rings. The van der Waals surface area contributed by atoms with E-state index in [4.69, 9.17) is 15.9 Å². The Morgan fingerprint density at radius 3 is 2.56 bits per heavy atom. The van der Waals surface area contributed by atoms with Gasteiger partial charge in [0.15, 0.2) is 6.04 Å². The predicted molar refractivity (Wildman–Crippen MR) is 111 cm³/mol. The van der Waals surface area contributed by atoms with Crippen LogP contribution in [-0.2, 0) is 11.2 Å². The summed E-state index contributed by atoms with van der Waals surface area (Å²) in [5.74, 6) is 0.374. The zero-order valence-corrected chi connectivity index (χ0v) is 16.3. The minimum Gasteiger partial charge on any atom is -0.492 e. The molecule has 1 atom stereocenters. The van der Waals surface area contributed by atoms with Crippen molar-refractivity contribution in [1.29, 1.82) is 5.41 Å². The molecule has 6 nitrogen and oxygen atoms in total. The van der Waals surface area contributed by atoms with Gasteiger partial charge in [0.1, 0.15) is 11.6 Å². The molecule has 27 heavy (non-hydrogen) atoms. The number of hydrogen-bond donors (Lipinski definition) is 4. The standard InChI is InChI=1S/C20H25N3O3S/c1-3-13-4-9-17(26-10-11-27-2)16(12-13)18(20(24)25)23-15-7-5-14(6-8-15)19(21)22/h4-9,12,18,23H,3,10-11H2,1-2H3,(H3,21,22)(H,24,25)/t18-/m1/s1. The number of benzene rings is 2. The van der Waals surface area contributed by atoms with Gasteiger partial charge in [-0.15, -0.1) is 0 Å². The van der Waals surface area contributed by atoms with Crippen LogP contribution in [-0.4, -0.2) is 35.5 Å². The van der Waals surface area contributed by atoms with Crippen molar-refractivity contribution >= 4 is 29.3 Å². The molecule has 7 heteroatoms. The maximum Gasteiger partial charge on any atom is 0.330 e. The average Bonchev–Trinajstić information content (AvgIpc) is 2.66. The number of amidine groups is 1. The molecule has 0 bridgehead atoms. The lowest BCUT2D eigenvalue weighted by atomic mass is 10.0. The van der Waals surface area contributed by atoms with E-state index < -0.39 is 12.0 Å². The van der Waals surface area contributed by atoms with Crippen LogP contribution in [0.1, 0.15) is 29.7 Å². The first kappa shape index (κ1) is 20.6. The van der Waals surface area contributed by atoms with Crippen LogP contribution >= 0.6 is 11.8 Å². The van der Waals surface area contributed by atoms with E-state index >= 15 is 0 Å². The third kappa shape index (κ3) is 5.65. The van der Waals surface area contributed by atoms with E-state index in [1.54, 1.807) is 36.0 Å². The summed E-state index contributed by atoms with van der Waals surface area (Å²) in [5.41, 5.74) is 8.32. The van der Waals surface area contributed by atoms with Gasteiger partial charge >= 0.3 is 5.97 Å². The Balaban J connectivity index is 2.33. The number of carbonyl (C=O) groups is 1. The number of hydrogen-bond acceptors (Lipinski definition) is 5. The highest BCUT2D eigenvalue weighted by atomic mass is 32.2. The second-order valence-electron chi connectivity index (χ2n) is 5.97. The molecule has 5 N–H and O–H groups in total. The fourth-order valence-electron chi connectivity index (χ4n) is 2.60. The normalized spacial score (nSPS) is 11.6. The summed E-state index contributed by atoms with van der Waals surface area (Å²) in [5, 5.41) is 20.3. The van der Waals surface area contributed by atoms with Crippen molar-refractivity contribution < 1.29 is 14.6 Å². The molecule has 0 saturated carbocycles. The van der Waals surface area contributed by atoms with E-state index in [1.165, 1.54) is 0 Å². The molecule has 0 heterocycles. The highest BCUT2D eigenvalue weighted by molar-refractivity contribution is 7.98. The van der Waals surface area contributed by atoms with E-state index in [2.05, 4.69) is 5.32 Å². The summed E-state index contributed by atoms with van der Waals surface area (Å²) in [6.07, 6.45) is 2.80. The number of carboxylic acid groups (broad SMARTS) is 1. The molecule has 0 spiro atoms. The molecule has 144 valence electrons. The molecule has 0 aliphatic heterocycles. The second-order valence-corrected chi connectivity index (χ2v) is 6.96. The number of anilines is 1. The highest BCUT2D eigenvalue weighted by Crippen LogP contribution is 2.30. The van der Waals surface area contributed by atoms with Crippen molar-refractivity contribution in [3.05, 3.63) is 59.2 Å². The number of thioether (sulfide) groups is 1. The molecule has 0 aliphatic rings. The predicted octanol–water partition coefficient (Wildman–Crippen LogP) is 3.51. The first-order valence-corrected chi connectivity index (χ1v) is 10.0. The smallest absolute Gasteiger partial charge is 0.330 e. The van der Waals surface area contributed by atoms with Gasteiger partial charge in [-0.2, -0.15) is 11.8 Å². The van der Waals surface area contributed by atoms with Crippen molar-refractivity contribution in [3.8, 4) is 5.75 Å². The minimum atomic E-state index is -0.992. The molecule has 0 aliphatic carbocycles. The molecule has 2 aromatic carbocycles. The quantitative estimate of drug-likeness (QED) is 0.282. The maximum atomic E-state index is 12.0.